The van der Waals surface area contributed by atoms with Crippen LogP contribution in [0.5, 0.6) is 0 Å². The third-order valence-corrected chi connectivity index (χ3v) is 2.63. The lowest BCUT2D eigenvalue weighted by Gasteiger charge is -2.23. The molecule has 1 rings (SSSR count). The number of hydrogen-bond donors (Lipinski definition) is 4. The van der Waals surface area contributed by atoms with E-state index in [9.17, 15) is 14.4 Å². The molecular weight excluding hydrogens is 276 g/mol. The number of amides is 3. The molecule has 0 spiro atoms. The molecule has 1 heterocycles. The van der Waals surface area contributed by atoms with Crippen molar-refractivity contribution in [3.63, 3.8) is 0 Å². The van der Waals surface area contributed by atoms with E-state index in [1.807, 2.05) is 13.8 Å². The summed E-state index contributed by atoms with van der Waals surface area (Å²) in [7, 11) is 0. The first-order valence-electron chi connectivity index (χ1n) is 6.47. The molecule has 0 saturated carbocycles. The van der Waals surface area contributed by atoms with Gasteiger partial charge < -0.3 is 26.0 Å². The number of carbonyl (C=O) groups is 3. The van der Waals surface area contributed by atoms with Gasteiger partial charge in [0.05, 0.1) is 5.69 Å². The summed E-state index contributed by atoms with van der Waals surface area (Å²) >= 11 is 0. The number of carboxylic acid groups (broad SMARTS) is 1. The number of aryl methyl sites for hydroxylation is 1. The van der Waals surface area contributed by atoms with E-state index in [1.54, 1.807) is 6.92 Å². The van der Waals surface area contributed by atoms with Crippen molar-refractivity contribution in [2.45, 2.75) is 20.8 Å². The third kappa shape index (κ3) is 4.83. The quantitative estimate of drug-likeness (QED) is 0.624. The molecule has 3 amide bonds. The summed E-state index contributed by atoms with van der Waals surface area (Å²) in [5, 5.41) is 11.5. The van der Waals surface area contributed by atoms with E-state index >= 15 is 0 Å². The lowest BCUT2D eigenvalue weighted by Crippen LogP contribution is -2.43. The van der Waals surface area contributed by atoms with Crippen molar-refractivity contribution in [2.24, 2.45) is 11.7 Å². The molecule has 0 radical (unpaired) electrons. The van der Waals surface area contributed by atoms with E-state index in [4.69, 9.17) is 10.8 Å². The van der Waals surface area contributed by atoms with Crippen LogP contribution in [0.1, 0.15) is 30.0 Å². The highest BCUT2D eigenvalue weighted by Crippen LogP contribution is 2.17. The predicted octanol–water partition coefficient (Wildman–Crippen LogP) is 0.997. The maximum atomic E-state index is 12.2. The first-order chi connectivity index (χ1) is 9.70. The lowest BCUT2D eigenvalue weighted by atomic mass is 10.2. The number of carboxylic acids is 1. The Hall–Kier alpha value is -2.51. The number of nitrogens with zero attached hydrogens (tertiary/aromatic N) is 1. The number of urea groups is 1. The molecule has 0 aliphatic carbocycles. The van der Waals surface area contributed by atoms with Crippen molar-refractivity contribution >= 4 is 23.6 Å². The van der Waals surface area contributed by atoms with Gasteiger partial charge in [0, 0.05) is 12.2 Å². The number of H-pyrrole nitrogens is 1. The van der Waals surface area contributed by atoms with Gasteiger partial charge in [0.15, 0.2) is 0 Å². The van der Waals surface area contributed by atoms with Crippen LogP contribution in [0.4, 0.5) is 10.5 Å². The summed E-state index contributed by atoms with van der Waals surface area (Å²) in [6.45, 7) is 5.57. The highest BCUT2D eigenvalue weighted by atomic mass is 16.4. The Kier molecular flexibility index (Phi) is 5.34. The van der Waals surface area contributed by atoms with E-state index in [-0.39, 0.29) is 23.8 Å². The second kappa shape index (κ2) is 6.78. The fraction of sp³-hybridized carbons (Fsp3) is 0.462. The zero-order chi connectivity index (χ0) is 16.2. The van der Waals surface area contributed by atoms with Gasteiger partial charge in [-0.25, -0.2) is 9.59 Å². The molecular formula is C13H20N4O4. The number of nitrogens with one attached hydrogen (secondary N) is 2. The largest absolute Gasteiger partial charge is 0.477 e. The first-order valence-corrected chi connectivity index (χ1v) is 6.47. The summed E-state index contributed by atoms with van der Waals surface area (Å²) in [6.07, 6.45) is 0. The van der Waals surface area contributed by atoms with Crippen LogP contribution < -0.4 is 11.1 Å². The Morgan fingerprint density at radius 1 is 1.43 bits per heavy atom. The summed E-state index contributed by atoms with van der Waals surface area (Å²) < 4.78 is 0. The molecule has 0 aliphatic heterocycles. The average Bonchev–Trinajstić information content (AvgIpc) is 2.68. The van der Waals surface area contributed by atoms with Crippen LogP contribution in [0.15, 0.2) is 6.07 Å². The standard InChI is InChI=1S/C13H20N4O4/c1-7(2)5-17(6-10(14)18)13(21)16-9-4-8(3)15-11(9)12(19)20/h4,7,15H,5-6H2,1-3H3,(H2,14,18)(H,16,21)(H,19,20). The van der Waals surface area contributed by atoms with Gasteiger partial charge in [-0.2, -0.15) is 0 Å². The molecule has 0 bridgehead atoms. The van der Waals surface area contributed by atoms with Gasteiger partial charge in [-0.15, -0.1) is 0 Å². The number of rotatable bonds is 6. The second-order valence-corrected chi connectivity index (χ2v) is 5.22. The van der Waals surface area contributed by atoms with Crippen LogP contribution >= 0.6 is 0 Å². The Balaban J connectivity index is 2.90. The average molecular weight is 296 g/mol. The fourth-order valence-corrected chi connectivity index (χ4v) is 1.90. The summed E-state index contributed by atoms with van der Waals surface area (Å²) in [6, 6.07) is 0.947. The molecule has 0 aromatic carbocycles. The molecule has 0 fully saturated rings. The minimum absolute atomic E-state index is 0.107. The van der Waals surface area contributed by atoms with E-state index in [0.29, 0.717) is 12.2 Å². The minimum atomic E-state index is -1.18. The molecule has 8 heteroatoms. The Labute approximate surface area is 122 Å². The monoisotopic (exact) mass is 296 g/mol. The zero-order valence-corrected chi connectivity index (χ0v) is 12.3. The van der Waals surface area contributed by atoms with Crippen LogP contribution in [0.3, 0.4) is 0 Å². The number of aromatic carboxylic acids is 1. The van der Waals surface area contributed by atoms with Gasteiger partial charge in [0.25, 0.3) is 0 Å². The van der Waals surface area contributed by atoms with E-state index < -0.39 is 17.9 Å². The van der Waals surface area contributed by atoms with Crippen molar-refractivity contribution in [2.75, 3.05) is 18.4 Å². The van der Waals surface area contributed by atoms with Crippen LogP contribution in [-0.2, 0) is 4.79 Å². The van der Waals surface area contributed by atoms with Crippen molar-refractivity contribution in [1.82, 2.24) is 9.88 Å². The summed E-state index contributed by atoms with van der Waals surface area (Å²) in [5.41, 5.74) is 5.77. The Morgan fingerprint density at radius 3 is 2.52 bits per heavy atom. The Morgan fingerprint density at radius 2 is 2.05 bits per heavy atom. The number of aromatic nitrogens is 1. The van der Waals surface area contributed by atoms with Crippen LogP contribution in [-0.4, -0.2) is 46.0 Å². The zero-order valence-electron chi connectivity index (χ0n) is 12.3. The molecule has 0 unspecified atom stereocenters. The molecule has 21 heavy (non-hydrogen) atoms. The van der Waals surface area contributed by atoms with E-state index in [1.165, 1.54) is 11.0 Å². The number of nitrogens with two attached hydrogens (primary N) is 1. The van der Waals surface area contributed by atoms with Crippen molar-refractivity contribution < 1.29 is 19.5 Å². The molecule has 116 valence electrons. The molecule has 1 aromatic rings. The van der Waals surface area contributed by atoms with Crippen LogP contribution in [0.25, 0.3) is 0 Å². The fourth-order valence-electron chi connectivity index (χ4n) is 1.90. The van der Waals surface area contributed by atoms with E-state index in [2.05, 4.69) is 10.3 Å². The highest BCUT2D eigenvalue weighted by Gasteiger charge is 2.20. The van der Waals surface area contributed by atoms with Crippen molar-refractivity contribution in [1.29, 1.82) is 0 Å². The number of primary amides is 1. The molecule has 0 atom stereocenters. The van der Waals surface area contributed by atoms with Gasteiger partial charge in [-0.05, 0) is 18.9 Å². The summed E-state index contributed by atoms with van der Waals surface area (Å²) in [4.78, 5) is 38.2. The molecule has 0 saturated heterocycles. The van der Waals surface area contributed by atoms with Gasteiger partial charge in [0.2, 0.25) is 5.91 Å². The topological polar surface area (TPSA) is 129 Å². The van der Waals surface area contributed by atoms with Crippen LogP contribution in [0, 0.1) is 12.8 Å². The van der Waals surface area contributed by atoms with Crippen molar-refractivity contribution in [3.8, 4) is 0 Å². The number of hydrogen-bond acceptors (Lipinski definition) is 3. The van der Waals surface area contributed by atoms with Gasteiger partial charge in [0.1, 0.15) is 12.2 Å². The van der Waals surface area contributed by atoms with E-state index in [0.717, 1.165) is 0 Å². The lowest BCUT2D eigenvalue weighted by molar-refractivity contribution is -0.118. The predicted molar refractivity (Wildman–Crippen MR) is 77.1 cm³/mol. The molecule has 5 N–H and O–H groups in total. The second-order valence-electron chi connectivity index (χ2n) is 5.22. The van der Waals surface area contributed by atoms with Gasteiger partial charge >= 0.3 is 12.0 Å². The third-order valence-electron chi connectivity index (χ3n) is 2.63. The van der Waals surface area contributed by atoms with Crippen molar-refractivity contribution in [3.05, 3.63) is 17.5 Å². The van der Waals surface area contributed by atoms with Gasteiger partial charge in [-0.1, -0.05) is 13.8 Å². The smallest absolute Gasteiger partial charge is 0.354 e. The van der Waals surface area contributed by atoms with Gasteiger partial charge in [-0.3, -0.25) is 4.79 Å². The number of carbonyl (C=O) groups excluding carboxylic acids is 2. The maximum Gasteiger partial charge on any atom is 0.354 e. The molecule has 0 aliphatic rings. The Bertz CT molecular complexity index is 550. The number of anilines is 1. The first kappa shape index (κ1) is 16.5. The molecule has 8 nitrogen and oxygen atoms in total. The highest BCUT2D eigenvalue weighted by molar-refractivity contribution is 5.99. The minimum Gasteiger partial charge on any atom is -0.477 e. The summed E-state index contributed by atoms with van der Waals surface area (Å²) in [5.74, 6) is -1.67. The maximum absolute atomic E-state index is 12.2. The van der Waals surface area contributed by atoms with Crippen LogP contribution in [0.2, 0.25) is 0 Å². The number of aromatic amines is 1. The molecule has 1 aromatic heterocycles. The normalized spacial score (nSPS) is 10.5. The SMILES string of the molecule is Cc1cc(NC(=O)N(CC(N)=O)CC(C)C)c(C(=O)O)[nH]1.